The summed E-state index contributed by atoms with van der Waals surface area (Å²) in [6, 6.07) is 157. The summed E-state index contributed by atoms with van der Waals surface area (Å²) in [5.41, 5.74) is 33.2. The lowest BCUT2D eigenvalue weighted by Gasteiger charge is -2.44. The topological polar surface area (TPSA) is 48.3 Å². The third kappa shape index (κ3) is 12.6. The van der Waals surface area contributed by atoms with Crippen molar-refractivity contribution >= 4 is 172 Å². The van der Waals surface area contributed by atoms with Crippen LogP contribution in [0.2, 0.25) is 0 Å². The van der Waals surface area contributed by atoms with Crippen LogP contribution in [0.15, 0.2) is 462 Å². The third-order valence-electron chi connectivity index (χ3n) is 26.0. The highest BCUT2D eigenvalue weighted by Gasteiger charge is 2.46. The van der Waals surface area contributed by atoms with E-state index in [2.05, 4.69) is 415 Å². The molecule has 0 N–H and O–H groups in total. The normalized spacial score (nSPS) is 13.1. The molecule has 20 aromatic rings. The SMILES string of the molecule is c1ccc(-c2ccc3c(c2)Oc2cccc4c2B3c2ccc(-c3ccccc3)cc2O4)cc1.c1ccc(N2c3ccccc3B3c4ccccc4N(c4ccccc4)c4cccc2c43)cc1.c1ccc2c(c1)Oc1cc(-c3ccc(-n4c5ccccc5c5ccccc54)cc3)cc3c1B2c1ccccc1O3.c1ccc2c(c1)Sc1cccc3c1B2c1ccccc1S3. The van der Waals surface area contributed by atoms with Crippen molar-refractivity contribution in [2.24, 2.45) is 0 Å². The van der Waals surface area contributed by atoms with Gasteiger partial charge in [-0.1, -0.05) is 332 Å². The van der Waals surface area contributed by atoms with E-state index in [0.717, 1.165) is 84.9 Å². The van der Waals surface area contributed by atoms with Crippen LogP contribution in [0.3, 0.4) is 0 Å². The first-order valence-corrected chi connectivity index (χ1v) is 45.0. The smallest absolute Gasteiger partial charge is 0.260 e. The molecule has 0 radical (unpaired) electrons. The highest BCUT2D eigenvalue weighted by atomic mass is 32.2. The predicted molar refractivity (Wildman–Crippen MR) is 532 cm³/mol. The van der Waals surface area contributed by atoms with Gasteiger partial charge >= 0.3 is 0 Å². The first kappa shape index (κ1) is 74.4. The van der Waals surface area contributed by atoms with Crippen LogP contribution in [0, 0.1) is 0 Å². The average Bonchev–Trinajstić information content (AvgIpc) is 1.59. The molecule has 13 heteroatoms. The minimum atomic E-state index is 0.0818. The van der Waals surface area contributed by atoms with Gasteiger partial charge in [-0.3, -0.25) is 0 Å². The Morgan fingerprint density at radius 2 is 0.504 bits per heavy atom. The fraction of sp³-hybridized carbons (Fsp3) is 0. The van der Waals surface area contributed by atoms with Crippen LogP contribution in [0.1, 0.15) is 0 Å². The van der Waals surface area contributed by atoms with E-state index < -0.39 is 0 Å². The summed E-state index contributed by atoms with van der Waals surface area (Å²) in [4.78, 5) is 10.5. The molecule has 19 aromatic carbocycles. The second-order valence-corrected chi connectivity index (χ2v) is 35.2. The lowest BCUT2D eigenvalue weighted by molar-refractivity contribution is 0.464. The van der Waals surface area contributed by atoms with Gasteiger partial charge in [0.2, 0.25) is 6.71 Å². The molecule has 0 fully saturated rings. The molecule has 0 spiro atoms. The van der Waals surface area contributed by atoms with Crippen molar-refractivity contribution < 1.29 is 18.9 Å². The van der Waals surface area contributed by atoms with Crippen molar-refractivity contribution in [2.45, 2.75) is 19.6 Å². The van der Waals surface area contributed by atoms with Gasteiger partial charge in [0.05, 0.1) is 11.0 Å². The van der Waals surface area contributed by atoms with Crippen LogP contribution in [0.5, 0.6) is 46.0 Å². The maximum atomic E-state index is 6.50. The number of aromatic nitrogens is 1. The van der Waals surface area contributed by atoms with E-state index in [1.165, 1.54) is 141 Å². The fourth-order valence-corrected chi connectivity index (χ4v) is 22.9. The van der Waals surface area contributed by atoms with E-state index in [4.69, 9.17) is 18.9 Å². The summed E-state index contributed by atoms with van der Waals surface area (Å²) >= 11 is 3.82. The van der Waals surface area contributed by atoms with Crippen LogP contribution >= 0.6 is 23.5 Å². The maximum Gasteiger partial charge on any atom is 0.260 e. The number of rotatable bonds is 6. The van der Waals surface area contributed by atoms with Gasteiger partial charge in [-0.25, -0.2) is 0 Å². The van der Waals surface area contributed by atoms with Gasteiger partial charge in [0.15, 0.2) is 0 Å². The number of fused-ring (bicyclic) bond motifs is 19. The summed E-state index contributed by atoms with van der Waals surface area (Å²) in [6.07, 6.45) is 0. The Hall–Kier alpha value is -15.3. The molecular weight excluding hydrogens is 1580 g/mol. The van der Waals surface area contributed by atoms with Gasteiger partial charge in [0.25, 0.3) is 20.1 Å². The summed E-state index contributed by atoms with van der Waals surface area (Å²) in [7, 11) is 0. The minimum Gasteiger partial charge on any atom is -0.458 e. The highest BCUT2D eigenvalue weighted by Crippen LogP contribution is 2.47. The summed E-state index contributed by atoms with van der Waals surface area (Å²) in [5.74, 6) is 7.08. The van der Waals surface area contributed by atoms with Crippen LogP contribution < -0.4 is 94.3 Å². The van der Waals surface area contributed by atoms with Gasteiger partial charge < -0.3 is 33.3 Å². The molecule has 7 nitrogen and oxygen atoms in total. The lowest BCUT2D eigenvalue weighted by Crippen LogP contribution is -2.61. The van der Waals surface area contributed by atoms with Crippen molar-refractivity contribution in [1.82, 2.24) is 4.57 Å². The van der Waals surface area contributed by atoms with Gasteiger partial charge in [-0.05, 0) is 223 Å². The number of nitrogens with zero attached hydrogens (tertiary/aromatic N) is 3. The van der Waals surface area contributed by atoms with E-state index in [0.29, 0.717) is 6.71 Å². The van der Waals surface area contributed by atoms with E-state index >= 15 is 0 Å². The molecule has 8 aliphatic rings. The molecule has 0 saturated carbocycles. The minimum absolute atomic E-state index is 0.0818. The molecule has 0 aliphatic carbocycles. The molecule has 0 saturated heterocycles. The maximum absolute atomic E-state index is 6.50. The standard InChI is InChI=1S/C36H22BNO2.C30H21BN2.C30H19BO2.C18H11BS2/c1-5-13-30-26(9-1)27-10-2-6-14-31(27)38(30)25-19-17-23(18-20-25)24-21-34-36-35(22-24)40-33-16-8-4-12-29(33)37(36)28-11-3-7-15-32(28)39-34;1-3-12-22(13-4-1)32-26-18-9-7-16-24(26)31-25-17-8-10-19-27(25)33(23-14-5-2-6-15-23)29-21-11-20-28(32)30(29)31;1-3-8-20(9-4-1)22-14-16-24-28(18-22)32-26-12-7-13-27-30(26)31(24)25-17-15-23(19-29(25)33-27)21-10-5-2-6-11-21;1-3-8-14-12(6-1)19-13-7-2-4-9-15(13)21-17-11-5-10-16(20-14)18(17)19/h1-22H;1-21H;1-19H;1-11H. The van der Waals surface area contributed by atoms with E-state index in [9.17, 15) is 0 Å². The second kappa shape index (κ2) is 30.9. The van der Waals surface area contributed by atoms with Gasteiger partial charge in [-0.2, -0.15) is 0 Å². The van der Waals surface area contributed by atoms with Gasteiger partial charge in [-0.15, -0.1) is 0 Å². The number of benzene rings is 19. The number of ether oxygens (including phenoxy) is 4. The average molecular weight is 1660 g/mol. The second-order valence-electron chi connectivity index (χ2n) is 33.0. The summed E-state index contributed by atoms with van der Waals surface area (Å²) in [6.45, 7) is 0.764. The van der Waals surface area contributed by atoms with Crippen molar-refractivity contribution in [3.05, 3.63) is 443 Å². The quantitative estimate of drug-likeness (QED) is 0.153. The van der Waals surface area contributed by atoms with Crippen LogP contribution in [-0.2, 0) is 0 Å². The molecule has 28 rings (SSSR count). The van der Waals surface area contributed by atoms with Crippen molar-refractivity contribution in [2.75, 3.05) is 9.80 Å². The molecule has 0 amide bonds. The Labute approximate surface area is 747 Å². The molecule has 592 valence electrons. The van der Waals surface area contributed by atoms with Gasteiger partial charge in [0.1, 0.15) is 46.0 Å². The van der Waals surface area contributed by atoms with Crippen molar-refractivity contribution in [1.29, 1.82) is 0 Å². The lowest BCUT2D eigenvalue weighted by atomic mass is 9.33. The molecule has 127 heavy (non-hydrogen) atoms. The number of hydrogen-bond acceptors (Lipinski definition) is 8. The van der Waals surface area contributed by atoms with Crippen LogP contribution in [-0.4, -0.2) is 31.4 Å². The van der Waals surface area contributed by atoms with E-state index in [1.807, 2.05) is 66.0 Å². The summed E-state index contributed by atoms with van der Waals surface area (Å²) < 4.78 is 28.2. The Kier molecular flexibility index (Phi) is 18.1. The monoisotopic (exact) mass is 1660 g/mol. The molecule has 0 unspecified atom stereocenters. The van der Waals surface area contributed by atoms with Crippen molar-refractivity contribution in [3.8, 4) is 85.1 Å². The zero-order chi connectivity index (χ0) is 83.6. The first-order valence-electron chi connectivity index (χ1n) is 43.4. The molecule has 0 atom stereocenters. The Morgan fingerprint density at radius 1 is 0.181 bits per heavy atom. The van der Waals surface area contributed by atoms with Crippen molar-refractivity contribution in [3.63, 3.8) is 0 Å². The molecule has 8 aliphatic heterocycles. The third-order valence-corrected chi connectivity index (χ3v) is 28.3. The zero-order valence-electron chi connectivity index (χ0n) is 68.7. The molecular formula is C114H73B4N3O4S2. The highest BCUT2D eigenvalue weighted by molar-refractivity contribution is 8.01. The first-order chi connectivity index (χ1) is 63.0. The van der Waals surface area contributed by atoms with Crippen LogP contribution in [0.4, 0.5) is 34.1 Å². The molecule has 1 aromatic heterocycles. The fourth-order valence-electron chi connectivity index (χ4n) is 20.5. The van der Waals surface area contributed by atoms with Crippen LogP contribution in [0.25, 0.3) is 60.9 Å². The number of anilines is 6. The molecule has 9 heterocycles. The van der Waals surface area contributed by atoms with E-state index in [-0.39, 0.29) is 20.1 Å². The Balaban J connectivity index is 0.0000000939. The van der Waals surface area contributed by atoms with E-state index in [1.54, 1.807) is 0 Å². The largest absolute Gasteiger partial charge is 0.458 e. The molecule has 0 bridgehead atoms. The number of hydrogen-bond donors (Lipinski definition) is 0. The summed E-state index contributed by atoms with van der Waals surface area (Å²) in [5, 5.41) is 2.53. The Bertz CT molecular complexity index is 7380. The zero-order valence-corrected chi connectivity index (χ0v) is 70.4. The predicted octanol–water partition coefficient (Wildman–Crippen LogP) is 21.8. The van der Waals surface area contributed by atoms with Gasteiger partial charge in [0, 0.05) is 81.1 Å². The Morgan fingerprint density at radius 3 is 1.00 bits per heavy atom. The number of para-hydroxylation sites is 8.